The first kappa shape index (κ1) is 29.6. The molecular formula is C24H27N3O8S2. The zero-order valence-corrected chi connectivity index (χ0v) is 21.3. The van der Waals surface area contributed by atoms with Crippen molar-refractivity contribution in [1.29, 1.82) is 0 Å². The van der Waals surface area contributed by atoms with Gasteiger partial charge in [0.1, 0.15) is 0 Å². The lowest BCUT2D eigenvalue weighted by atomic mass is 9.96. The summed E-state index contributed by atoms with van der Waals surface area (Å²) in [5, 5.41) is 40.8. The highest BCUT2D eigenvalue weighted by Gasteiger charge is 2.40. The van der Waals surface area contributed by atoms with Gasteiger partial charge < -0.3 is 25.7 Å². The van der Waals surface area contributed by atoms with E-state index in [0.717, 1.165) is 30.2 Å². The van der Waals surface area contributed by atoms with E-state index in [1.165, 1.54) is 16.2 Å². The molecular weight excluding hydrogens is 522 g/mol. The summed E-state index contributed by atoms with van der Waals surface area (Å²) in [4.78, 5) is 51.3. The van der Waals surface area contributed by atoms with Crippen LogP contribution >= 0.6 is 22.7 Å². The summed E-state index contributed by atoms with van der Waals surface area (Å²) in [6.07, 6.45) is -0.472. The minimum atomic E-state index is -2.74. The Morgan fingerprint density at radius 1 is 0.892 bits per heavy atom. The van der Waals surface area contributed by atoms with Gasteiger partial charge in [0.15, 0.2) is 5.60 Å². The Balaban J connectivity index is 0.000000317. The lowest BCUT2D eigenvalue weighted by Gasteiger charge is -2.21. The van der Waals surface area contributed by atoms with Crippen LogP contribution in [0.2, 0.25) is 0 Å². The number of amides is 1. The number of thiophene rings is 2. The summed E-state index contributed by atoms with van der Waals surface area (Å²) in [5.41, 5.74) is -1.70. The second kappa shape index (κ2) is 14.8. The number of aromatic nitrogens is 1. The van der Waals surface area contributed by atoms with E-state index in [9.17, 15) is 19.2 Å². The molecule has 11 nitrogen and oxygen atoms in total. The highest BCUT2D eigenvalue weighted by molar-refractivity contribution is 7.12. The van der Waals surface area contributed by atoms with Gasteiger partial charge in [-0.1, -0.05) is 18.2 Å². The van der Waals surface area contributed by atoms with E-state index in [2.05, 4.69) is 32.7 Å². The second-order valence-corrected chi connectivity index (χ2v) is 9.80. The van der Waals surface area contributed by atoms with Crippen LogP contribution < -0.4 is 5.32 Å². The summed E-state index contributed by atoms with van der Waals surface area (Å²) in [5.74, 6) is -5.02. The van der Waals surface area contributed by atoms with Crippen LogP contribution in [0.15, 0.2) is 59.4 Å². The largest absolute Gasteiger partial charge is 0.481 e. The molecule has 0 saturated carbocycles. The number of hydrogen-bond donors (Lipinski definition) is 5. The average Bonchev–Trinajstić information content (AvgIpc) is 3.53. The molecule has 0 atom stereocenters. The molecule has 1 amide bonds. The van der Waals surface area contributed by atoms with Crippen LogP contribution in [0, 0.1) is 0 Å². The van der Waals surface area contributed by atoms with Crippen LogP contribution in [0.3, 0.4) is 0 Å². The van der Waals surface area contributed by atoms with Crippen molar-refractivity contribution in [2.45, 2.75) is 31.5 Å². The van der Waals surface area contributed by atoms with E-state index >= 15 is 0 Å². The third kappa shape index (κ3) is 10.9. The van der Waals surface area contributed by atoms with Crippen molar-refractivity contribution < 1.29 is 39.6 Å². The third-order valence-electron chi connectivity index (χ3n) is 4.82. The summed E-state index contributed by atoms with van der Waals surface area (Å²) in [6.45, 7) is 3.04. The molecule has 0 spiro atoms. The van der Waals surface area contributed by atoms with Crippen molar-refractivity contribution in [3.63, 3.8) is 0 Å². The van der Waals surface area contributed by atoms with E-state index in [1.54, 1.807) is 11.3 Å². The van der Waals surface area contributed by atoms with Crippen molar-refractivity contribution in [2.75, 3.05) is 13.1 Å². The molecule has 0 aromatic carbocycles. The van der Waals surface area contributed by atoms with E-state index in [1.807, 2.05) is 41.9 Å². The van der Waals surface area contributed by atoms with E-state index in [-0.39, 0.29) is 5.91 Å². The van der Waals surface area contributed by atoms with Gasteiger partial charge in [-0.2, -0.15) is 0 Å². The molecule has 3 rings (SSSR count). The number of aliphatic carboxylic acids is 3. The second-order valence-electron chi connectivity index (χ2n) is 7.82. The molecule has 0 bridgehead atoms. The minimum Gasteiger partial charge on any atom is -0.481 e. The normalized spacial score (nSPS) is 10.9. The molecule has 5 N–H and O–H groups in total. The molecule has 13 heteroatoms. The van der Waals surface area contributed by atoms with Gasteiger partial charge in [0, 0.05) is 37.3 Å². The van der Waals surface area contributed by atoms with E-state index in [4.69, 9.17) is 20.4 Å². The molecule has 3 heterocycles. The maximum absolute atomic E-state index is 12.0. The number of carbonyl (C=O) groups is 4. The van der Waals surface area contributed by atoms with Gasteiger partial charge in [0.25, 0.3) is 5.91 Å². The van der Waals surface area contributed by atoms with Crippen molar-refractivity contribution >= 4 is 46.5 Å². The Hall–Kier alpha value is -3.65. The minimum absolute atomic E-state index is 0.00101. The molecule has 0 fully saturated rings. The Kier molecular flexibility index (Phi) is 11.8. The molecule has 0 aliphatic rings. The van der Waals surface area contributed by atoms with Crippen molar-refractivity contribution in [3.8, 4) is 0 Å². The molecule has 0 unspecified atom stereocenters. The molecule has 0 saturated heterocycles. The number of nitrogens with zero attached hydrogens (tertiary/aromatic N) is 2. The first-order chi connectivity index (χ1) is 17.6. The number of pyridine rings is 1. The fourth-order valence-electron chi connectivity index (χ4n) is 3.09. The standard InChI is InChI=1S/C18H19N3OS2.C6H8O7/c22-18(17-7-4-12-24-17)20-9-10-21(14-16-6-3-11-23-16)13-15-5-1-2-8-19-15;7-3(8)1-6(13,5(11)12)2-4(9)10/h1-8,11-12H,9-10,13-14H2,(H,20,22);13H,1-2H2,(H,7,8)(H,9,10)(H,11,12). The van der Waals surface area contributed by atoms with Gasteiger partial charge in [-0.25, -0.2) is 4.79 Å². The molecule has 0 aliphatic heterocycles. The van der Waals surface area contributed by atoms with Crippen LogP contribution in [-0.2, 0) is 27.5 Å². The Labute approximate surface area is 220 Å². The number of carbonyl (C=O) groups excluding carboxylic acids is 1. The zero-order chi connectivity index (χ0) is 27.3. The van der Waals surface area contributed by atoms with Gasteiger partial charge in [-0.3, -0.25) is 24.3 Å². The number of hydrogen-bond acceptors (Lipinski definition) is 9. The third-order valence-corrected chi connectivity index (χ3v) is 6.55. The SMILES string of the molecule is O=C(NCCN(Cc1ccccn1)Cc1cccs1)c1cccs1.O=C(O)CC(O)(CC(=O)O)C(=O)O. The highest BCUT2D eigenvalue weighted by Crippen LogP contribution is 2.16. The van der Waals surface area contributed by atoms with Crippen LogP contribution in [0.5, 0.6) is 0 Å². The van der Waals surface area contributed by atoms with E-state index < -0.39 is 36.4 Å². The first-order valence-electron chi connectivity index (χ1n) is 10.9. The van der Waals surface area contributed by atoms with Gasteiger partial charge >= 0.3 is 17.9 Å². The predicted octanol–water partition coefficient (Wildman–Crippen LogP) is 2.39. The number of carboxylic acids is 3. The van der Waals surface area contributed by atoms with Gasteiger partial charge in [0.2, 0.25) is 0 Å². The average molecular weight is 550 g/mol. The Bertz CT molecular complexity index is 1120. The predicted molar refractivity (Wildman–Crippen MR) is 136 cm³/mol. The summed E-state index contributed by atoms with van der Waals surface area (Å²) in [6, 6.07) is 13.9. The lowest BCUT2D eigenvalue weighted by molar-refractivity contribution is -0.170. The number of nitrogens with one attached hydrogen (secondary N) is 1. The lowest BCUT2D eigenvalue weighted by Crippen LogP contribution is -2.42. The van der Waals surface area contributed by atoms with E-state index in [0.29, 0.717) is 6.54 Å². The van der Waals surface area contributed by atoms with Crippen molar-refractivity contribution in [1.82, 2.24) is 15.2 Å². The zero-order valence-electron chi connectivity index (χ0n) is 19.6. The number of aliphatic hydroxyl groups is 1. The van der Waals surface area contributed by atoms with Crippen LogP contribution in [-0.4, -0.2) is 72.8 Å². The summed E-state index contributed by atoms with van der Waals surface area (Å²) in [7, 11) is 0. The molecule has 0 radical (unpaired) electrons. The molecule has 0 aliphatic carbocycles. The summed E-state index contributed by atoms with van der Waals surface area (Å²) < 4.78 is 0. The van der Waals surface area contributed by atoms with Crippen molar-refractivity contribution in [2.24, 2.45) is 0 Å². The van der Waals surface area contributed by atoms with Crippen LogP contribution in [0.1, 0.15) is 33.1 Å². The summed E-state index contributed by atoms with van der Waals surface area (Å²) >= 11 is 3.21. The smallest absolute Gasteiger partial charge is 0.336 e. The topological polar surface area (TPSA) is 177 Å². The fourth-order valence-corrected chi connectivity index (χ4v) is 4.48. The molecule has 198 valence electrons. The first-order valence-corrected chi connectivity index (χ1v) is 12.7. The quantitative estimate of drug-likeness (QED) is 0.213. The Morgan fingerprint density at radius 3 is 2.08 bits per heavy atom. The maximum atomic E-state index is 12.0. The highest BCUT2D eigenvalue weighted by atomic mass is 32.1. The Morgan fingerprint density at radius 2 is 1.57 bits per heavy atom. The monoisotopic (exact) mass is 549 g/mol. The molecule has 3 aromatic heterocycles. The van der Waals surface area contributed by atoms with Gasteiger partial charge in [0.05, 0.1) is 23.4 Å². The number of rotatable bonds is 13. The van der Waals surface area contributed by atoms with Gasteiger partial charge in [-0.15, -0.1) is 22.7 Å². The molecule has 37 heavy (non-hydrogen) atoms. The van der Waals surface area contributed by atoms with Gasteiger partial charge in [-0.05, 0) is 35.0 Å². The molecule has 3 aromatic rings. The fraction of sp³-hybridized carbons (Fsp3) is 0.292. The maximum Gasteiger partial charge on any atom is 0.336 e. The van der Waals surface area contributed by atoms with Crippen LogP contribution in [0.4, 0.5) is 0 Å². The van der Waals surface area contributed by atoms with Crippen molar-refractivity contribution in [3.05, 3.63) is 74.9 Å². The van der Waals surface area contributed by atoms with Crippen LogP contribution in [0.25, 0.3) is 0 Å². The number of carboxylic acid groups (broad SMARTS) is 3.